The fourth-order valence-corrected chi connectivity index (χ4v) is 1.76. The van der Waals surface area contributed by atoms with Crippen LogP contribution in [-0.2, 0) is 0 Å². The highest BCUT2D eigenvalue weighted by atomic mass is 16.4. The first-order chi connectivity index (χ1) is 9.95. The lowest BCUT2D eigenvalue weighted by Gasteiger charge is -2.10. The van der Waals surface area contributed by atoms with Gasteiger partial charge in [-0.3, -0.25) is 4.98 Å². The second-order valence-electron chi connectivity index (χ2n) is 4.60. The number of anilines is 2. The Bertz CT molecular complexity index is 681. The van der Waals surface area contributed by atoms with Crippen molar-refractivity contribution >= 4 is 23.4 Å². The van der Waals surface area contributed by atoms with Crippen LogP contribution < -0.4 is 10.6 Å². The number of urea groups is 1. The van der Waals surface area contributed by atoms with Crippen LogP contribution in [0.25, 0.3) is 0 Å². The van der Waals surface area contributed by atoms with E-state index in [9.17, 15) is 9.59 Å². The SMILES string of the molecule is Cc1ccc(NC(=O)Nc2ccc(C(=O)O)cc2C)cn1. The van der Waals surface area contributed by atoms with Gasteiger partial charge in [-0.05, 0) is 49.7 Å². The van der Waals surface area contributed by atoms with Crippen molar-refractivity contribution in [1.82, 2.24) is 4.98 Å². The van der Waals surface area contributed by atoms with E-state index in [2.05, 4.69) is 15.6 Å². The van der Waals surface area contributed by atoms with Crippen molar-refractivity contribution in [3.63, 3.8) is 0 Å². The number of aryl methyl sites for hydroxylation is 2. The number of benzene rings is 1. The molecule has 0 fully saturated rings. The zero-order valence-corrected chi connectivity index (χ0v) is 11.7. The van der Waals surface area contributed by atoms with Crippen molar-refractivity contribution in [1.29, 1.82) is 0 Å². The van der Waals surface area contributed by atoms with Crippen LogP contribution in [0, 0.1) is 13.8 Å². The molecule has 1 heterocycles. The summed E-state index contributed by atoms with van der Waals surface area (Å²) in [6.45, 7) is 3.59. The fraction of sp³-hybridized carbons (Fsp3) is 0.133. The van der Waals surface area contributed by atoms with Crippen molar-refractivity contribution in [2.24, 2.45) is 0 Å². The molecular weight excluding hydrogens is 270 g/mol. The minimum Gasteiger partial charge on any atom is -0.478 e. The summed E-state index contributed by atoms with van der Waals surface area (Å²) in [4.78, 5) is 26.8. The molecule has 0 atom stereocenters. The van der Waals surface area contributed by atoms with E-state index in [1.165, 1.54) is 12.1 Å². The Morgan fingerprint density at radius 2 is 1.86 bits per heavy atom. The monoisotopic (exact) mass is 285 g/mol. The lowest BCUT2D eigenvalue weighted by Crippen LogP contribution is -2.20. The molecule has 6 heteroatoms. The van der Waals surface area contributed by atoms with Crippen molar-refractivity contribution < 1.29 is 14.7 Å². The number of nitrogens with zero attached hydrogens (tertiary/aromatic N) is 1. The van der Waals surface area contributed by atoms with Gasteiger partial charge in [-0.2, -0.15) is 0 Å². The lowest BCUT2D eigenvalue weighted by atomic mass is 10.1. The Kier molecular flexibility index (Phi) is 4.18. The third kappa shape index (κ3) is 3.79. The minimum atomic E-state index is -1.00. The maximum atomic E-state index is 11.9. The highest BCUT2D eigenvalue weighted by molar-refractivity contribution is 6.00. The van der Waals surface area contributed by atoms with Crippen LogP contribution >= 0.6 is 0 Å². The predicted octanol–water partition coefficient (Wildman–Crippen LogP) is 3.04. The summed E-state index contributed by atoms with van der Waals surface area (Å²) in [7, 11) is 0. The molecule has 21 heavy (non-hydrogen) atoms. The van der Waals surface area contributed by atoms with Crippen molar-refractivity contribution in [3.05, 3.63) is 53.3 Å². The number of carbonyl (C=O) groups is 2. The molecule has 1 aromatic heterocycles. The van der Waals surface area contributed by atoms with Gasteiger partial charge in [0.25, 0.3) is 0 Å². The van der Waals surface area contributed by atoms with Gasteiger partial charge in [0.15, 0.2) is 0 Å². The number of aromatic carboxylic acids is 1. The third-order valence-corrected chi connectivity index (χ3v) is 2.89. The molecular formula is C15H15N3O3. The molecule has 0 bridgehead atoms. The first-order valence-electron chi connectivity index (χ1n) is 6.30. The summed E-state index contributed by atoms with van der Waals surface area (Å²) < 4.78 is 0. The van der Waals surface area contributed by atoms with E-state index in [0.29, 0.717) is 16.9 Å². The van der Waals surface area contributed by atoms with E-state index in [4.69, 9.17) is 5.11 Å². The predicted molar refractivity (Wildman–Crippen MR) is 79.8 cm³/mol. The Hall–Kier alpha value is -2.89. The van der Waals surface area contributed by atoms with E-state index in [1.807, 2.05) is 6.92 Å². The minimum absolute atomic E-state index is 0.182. The fourth-order valence-electron chi connectivity index (χ4n) is 1.76. The average Bonchev–Trinajstić information content (AvgIpc) is 2.43. The van der Waals surface area contributed by atoms with Crippen LogP contribution in [0.4, 0.5) is 16.2 Å². The number of hydrogen-bond acceptors (Lipinski definition) is 3. The van der Waals surface area contributed by atoms with Crippen LogP contribution in [0.1, 0.15) is 21.6 Å². The maximum absolute atomic E-state index is 11.9. The molecule has 3 N–H and O–H groups in total. The molecule has 0 aliphatic carbocycles. The van der Waals surface area contributed by atoms with Gasteiger partial charge in [0, 0.05) is 11.4 Å². The molecule has 0 aliphatic heterocycles. The van der Waals surface area contributed by atoms with Gasteiger partial charge in [0.05, 0.1) is 17.4 Å². The normalized spacial score (nSPS) is 10.0. The largest absolute Gasteiger partial charge is 0.478 e. The van der Waals surface area contributed by atoms with Crippen LogP contribution in [0.3, 0.4) is 0 Å². The summed E-state index contributed by atoms with van der Waals surface area (Å²) in [6, 6.07) is 7.65. The number of aromatic nitrogens is 1. The second kappa shape index (κ2) is 6.04. The molecule has 0 radical (unpaired) electrons. The lowest BCUT2D eigenvalue weighted by molar-refractivity contribution is 0.0697. The molecule has 2 rings (SSSR count). The number of pyridine rings is 1. The highest BCUT2D eigenvalue weighted by Crippen LogP contribution is 2.17. The second-order valence-corrected chi connectivity index (χ2v) is 4.60. The van der Waals surface area contributed by atoms with Gasteiger partial charge in [-0.25, -0.2) is 9.59 Å². The Balaban J connectivity index is 2.06. The number of rotatable bonds is 3. The summed E-state index contributed by atoms with van der Waals surface area (Å²) in [5, 5.41) is 14.2. The maximum Gasteiger partial charge on any atom is 0.335 e. The molecule has 6 nitrogen and oxygen atoms in total. The standard InChI is InChI=1S/C15H15N3O3/c1-9-7-11(14(19)20)4-6-13(9)18-15(21)17-12-5-3-10(2)16-8-12/h3-8H,1-2H3,(H,19,20)(H2,17,18,21). The van der Waals surface area contributed by atoms with Gasteiger partial charge >= 0.3 is 12.0 Å². The van der Waals surface area contributed by atoms with Gasteiger partial charge < -0.3 is 15.7 Å². The molecule has 0 saturated heterocycles. The van der Waals surface area contributed by atoms with E-state index in [0.717, 1.165) is 5.69 Å². The quantitative estimate of drug-likeness (QED) is 0.808. The number of carbonyl (C=O) groups excluding carboxylic acids is 1. The number of hydrogen-bond donors (Lipinski definition) is 3. The molecule has 2 aromatic rings. The average molecular weight is 285 g/mol. The zero-order chi connectivity index (χ0) is 15.4. The van der Waals surface area contributed by atoms with Crippen molar-refractivity contribution in [3.8, 4) is 0 Å². The third-order valence-electron chi connectivity index (χ3n) is 2.89. The van der Waals surface area contributed by atoms with E-state index in [-0.39, 0.29) is 5.56 Å². The molecule has 0 aliphatic rings. The van der Waals surface area contributed by atoms with Gasteiger partial charge in [-0.1, -0.05) is 0 Å². The Morgan fingerprint density at radius 1 is 1.10 bits per heavy atom. The van der Waals surface area contributed by atoms with E-state index < -0.39 is 12.0 Å². The van der Waals surface area contributed by atoms with Gasteiger partial charge in [0.1, 0.15) is 0 Å². The number of carboxylic acids is 1. The summed E-state index contributed by atoms with van der Waals surface area (Å²) in [5.74, 6) is -1.00. The molecule has 108 valence electrons. The topological polar surface area (TPSA) is 91.3 Å². The van der Waals surface area contributed by atoms with Crippen LogP contribution in [-0.4, -0.2) is 22.1 Å². The van der Waals surface area contributed by atoms with Crippen LogP contribution in [0.2, 0.25) is 0 Å². The van der Waals surface area contributed by atoms with Gasteiger partial charge in [0.2, 0.25) is 0 Å². The molecule has 0 spiro atoms. The molecule has 2 amide bonds. The van der Waals surface area contributed by atoms with Crippen molar-refractivity contribution in [2.45, 2.75) is 13.8 Å². The summed E-state index contributed by atoms with van der Waals surface area (Å²) >= 11 is 0. The van der Waals surface area contributed by atoms with Crippen LogP contribution in [0.5, 0.6) is 0 Å². The van der Waals surface area contributed by atoms with E-state index in [1.54, 1.807) is 31.3 Å². The first kappa shape index (κ1) is 14.5. The Morgan fingerprint density at radius 3 is 2.43 bits per heavy atom. The van der Waals surface area contributed by atoms with Crippen molar-refractivity contribution in [2.75, 3.05) is 10.6 Å². The van der Waals surface area contributed by atoms with Crippen LogP contribution in [0.15, 0.2) is 36.5 Å². The number of nitrogens with one attached hydrogen (secondary N) is 2. The zero-order valence-electron chi connectivity index (χ0n) is 11.7. The molecule has 0 unspecified atom stereocenters. The smallest absolute Gasteiger partial charge is 0.335 e. The summed E-state index contributed by atoms with van der Waals surface area (Å²) in [5.41, 5.74) is 2.85. The Labute approximate surface area is 121 Å². The molecule has 0 saturated carbocycles. The highest BCUT2D eigenvalue weighted by Gasteiger charge is 2.08. The van der Waals surface area contributed by atoms with Gasteiger partial charge in [-0.15, -0.1) is 0 Å². The number of amides is 2. The first-order valence-corrected chi connectivity index (χ1v) is 6.30. The molecule has 1 aromatic carbocycles. The summed E-state index contributed by atoms with van der Waals surface area (Å²) in [6.07, 6.45) is 1.56. The number of carboxylic acid groups (broad SMARTS) is 1. The van der Waals surface area contributed by atoms with E-state index >= 15 is 0 Å².